The normalized spacial score (nSPS) is 11.6. The molecule has 0 bridgehead atoms. The zero-order valence-electron chi connectivity index (χ0n) is 22.4. The Kier molecular flexibility index (Phi) is 7.80. The molecule has 2 N–H and O–H groups in total. The average Bonchev–Trinajstić information content (AvgIpc) is 3.20. The van der Waals surface area contributed by atoms with Gasteiger partial charge in [0, 0.05) is 24.3 Å². The van der Waals surface area contributed by atoms with E-state index < -0.39 is 11.6 Å². The Morgan fingerprint density at radius 3 is 2.32 bits per heavy atom. The van der Waals surface area contributed by atoms with Crippen LogP contribution in [0.5, 0.6) is 0 Å². The van der Waals surface area contributed by atoms with Gasteiger partial charge in [0.05, 0.1) is 10.9 Å². The molecule has 0 aliphatic carbocycles. The summed E-state index contributed by atoms with van der Waals surface area (Å²) in [5.74, 6) is -0.221. The number of benzene rings is 2. The fourth-order valence-corrected chi connectivity index (χ4v) is 4.25. The molecular formula is C28H34N6O4. The van der Waals surface area contributed by atoms with Crippen LogP contribution in [-0.4, -0.2) is 37.1 Å². The van der Waals surface area contributed by atoms with Gasteiger partial charge in [0.15, 0.2) is 0 Å². The molecule has 0 radical (unpaired) electrons. The van der Waals surface area contributed by atoms with Crippen molar-refractivity contribution in [2.24, 2.45) is 11.8 Å². The highest BCUT2D eigenvalue weighted by Crippen LogP contribution is 2.16. The van der Waals surface area contributed by atoms with Crippen molar-refractivity contribution in [2.75, 3.05) is 11.9 Å². The molecule has 0 atom stereocenters. The molecule has 10 heteroatoms. The smallest absolute Gasteiger partial charge is 0.352 e. The van der Waals surface area contributed by atoms with Crippen molar-refractivity contribution in [3.8, 4) is 0 Å². The molecule has 4 aromatic rings. The Labute approximate surface area is 220 Å². The van der Waals surface area contributed by atoms with Crippen molar-refractivity contribution >= 4 is 34.2 Å². The molecule has 10 nitrogen and oxygen atoms in total. The first kappa shape index (κ1) is 26.8. The van der Waals surface area contributed by atoms with Crippen molar-refractivity contribution in [3.05, 3.63) is 74.4 Å². The quantitative estimate of drug-likeness (QED) is 0.353. The SMILES string of the molecule is CCc1ccc(NC(=O)Cn2nc3n(CC(C)C)c(=O)c4ccc(C(=O)NCC(C)C)cc4n3c2=O)cc1. The molecule has 0 spiro atoms. The molecule has 0 saturated heterocycles. The van der Waals surface area contributed by atoms with Crippen LogP contribution in [0, 0.1) is 11.8 Å². The van der Waals surface area contributed by atoms with E-state index in [4.69, 9.17) is 0 Å². The lowest BCUT2D eigenvalue weighted by molar-refractivity contribution is -0.117. The van der Waals surface area contributed by atoms with Gasteiger partial charge in [-0.15, -0.1) is 5.10 Å². The van der Waals surface area contributed by atoms with Crippen molar-refractivity contribution in [1.82, 2.24) is 24.1 Å². The number of rotatable bonds is 9. The molecule has 4 rings (SSSR count). The highest BCUT2D eigenvalue weighted by atomic mass is 16.2. The molecule has 2 aromatic carbocycles. The number of aromatic nitrogens is 4. The molecule has 0 aliphatic heterocycles. The molecule has 2 aromatic heterocycles. The van der Waals surface area contributed by atoms with Crippen LogP contribution < -0.4 is 21.9 Å². The number of aryl methyl sites for hydroxylation is 1. The third kappa shape index (κ3) is 5.53. The first-order valence-corrected chi connectivity index (χ1v) is 12.9. The van der Waals surface area contributed by atoms with Gasteiger partial charge in [0.1, 0.15) is 6.54 Å². The largest absolute Gasteiger partial charge is 0.352 e. The summed E-state index contributed by atoms with van der Waals surface area (Å²) in [5.41, 5.74) is 1.48. The fraction of sp³-hybridized carbons (Fsp3) is 0.393. The molecule has 38 heavy (non-hydrogen) atoms. The molecule has 2 amide bonds. The van der Waals surface area contributed by atoms with Gasteiger partial charge in [-0.1, -0.05) is 46.8 Å². The molecular weight excluding hydrogens is 484 g/mol. The monoisotopic (exact) mass is 518 g/mol. The zero-order valence-corrected chi connectivity index (χ0v) is 22.4. The number of anilines is 1. The van der Waals surface area contributed by atoms with E-state index >= 15 is 0 Å². The van der Waals surface area contributed by atoms with Gasteiger partial charge in [0.2, 0.25) is 11.7 Å². The van der Waals surface area contributed by atoms with Crippen LogP contribution in [0.1, 0.15) is 50.5 Å². The molecule has 0 aliphatic rings. The van der Waals surface area contributed by atoms with Gasteiger partial charge < -0.3 is 10.6 Å². The minimum atomic E-state index is -0.571. The van der Waals surface area contributed by atoms with E-state index in [-0.39, 0.29) is 41.1 Å². The van der Waals surface area contributed by atoms with Gasteiger partial charge >= 0.3 is 5.69 Å². The summed E-state index contributed by atoms with van der Waals surface area (Å²) in [4.78, 5) is 52.5. The summed E-state index contributed by atoms with van der Waals surface area (Å²) in [7, 11) is 0. The molecule has 2 heterocycles. The first-order chi connectivity index (χ1) is 18.1. The van der Waals surface area contributed by atoms with Gasteiger partial charge in [-0.3, -0.25) is 19.0 Å². The second kappa shape index (κ2) is 11.0. The van der Waals surface area contributed by atoms with Crippen LogP contribution in [0.25, 0.3) is 16.7 Å². The number of hydrogen-bond acceptors (Lipinski definition) is 5. The number of carbonyl (C=O) groups is 2. The topological polar surface area (TPSA) is 120 Å². The highest BCUT2D eigenvalue weighted by molar-refractivity contribution is 5.98. The Morgan fingerprint density at radius 1 is 0.974 bits per heavy atom. The summed E-state index contributed by atoms with van der Waals surface area (Å²) < 4.78 is 3.80. The van der Waals surface area contributed by atoms with E-state index in [0.717, 1.165) is 16.7 Å². The summed E-state index contributed by atoms with van der Waals surface area (Å²) in [6.07, 6.45) is 0.887. The van der Waals surface area contributed by atoms with Crippen LogP contribution in [0.2, 0.25) is 0 Å². The number of nitrogens with one attached hydrogen (secondary N) is 2. The Bertz CT molecular complexity index is 1610. The Balaban J connectivity index is 1.79. The molecule has 0 fully saturated rings. The van der Waals surface area contributed by atoms with Crippen molar-refractivity contribution < 1.29 is 9.59 Å². The number of carbonyl (C=O) groups excluding carboxylic acids is 2. The number of fused-ring (bicyclic) bond motifs is 3. The standard InChI is InChI=1S/C28H34N6O4/c1-6-19-7-10-21(11-8-19)30-24(35)16-33-28(38)34-23-13-20(25(36)29-14-17(2)3)9-12-22(23)26(37)32(15-18(4)5)27(34)31-33/h7-13,17-18H,6,14-16H2,1-5H3,(H,29,36)(H,30,35). The minimum absolute atomic E-state index is 0.102. The third-order valence-corrected chi connectivity index (χ3v) is 6.20. The first-order valence-electron chi connectivity index (χ1n) is 12.9. The zero-order chi connectivity index (χ0) is 27.6. The maximum Gasteiger partial charge on any atom is 0.352 e. The lowest BCUT2D eigenvalue weighted by Gasteiger charge is -2.13. The van der Waals surface area contributed by atoms with E-state index in [9.17, 15) is 19.2 Å². The van der Waals surface area contributed by atoms with Crippen molar-refractivity contribution in [1.29, 1.82) is 0 Å². The minimum Gasteiger partial charge on any atom is -0.352 e. The Morgan fingerprint density at radius 2 is 1.68 bits per heavy atom. The third-order valence-electron chi connectivity index (χ3n) is 6.20. The fourth-order valence-electron chi connectivity index (χ4n) is 4.25. The highest BCUT2D eigenvalue weighted by Gasteiger charge is 2.20. The number of hydrogen-bond donors (Lipinski definition) is 2. The van der Waals surface area contributed by atoms with Gasteiger partial charge in [-0.05, 0) is 54.2 Å². The molecule has 200 valence electrons. The van der Waals surface area contributed by atoms with Gasteiger partial charge in [0.25, 0.3) is 11.5 Å². The lowest BCUT2D eigenvalue weighted by Crippen LogP contribution is -2.30. The maximum absolute atomic E-state index is 13.5. The molecule has 0 unspecified atom stereocenters. The summed E-state index contributed by atoms with van der Waals surface area (Å²) in [6, 6.07) is 12.1. The number of nitrogens with zero attached hydrogens (tertiary/aromatic N) is 4. The second-order valence-corrected chi connectivity index (χ2v) is 10.3. The predicted molar refractivity (Wildman–Crippen MR) is 148 cm³/mol. The van der Waals surface area contributed by atoms with Crippen LogP contribution in [0.4, 0.5) is 5.69 Å². The lowest BCUT2D eigenvalue weighted by atomic mass is 10.1. The van der Waals surface area contributed by atoms with E-state index in [1.54, 1.807) is 12.1 Å². The summed E-state index contributed by atoms with van der Waals surface area (Å²) in [5, 5.41) is 10.3. The van der Waals surface area contributed by atoms with Gasteiger partial charge in [-0.2, -0.15) is 0 Å². The van der Waals surface area contributed by atoms with Crippen molar-refractivity contribution in [3.63, 3.8) is 0 Å². The van der Waals surface area contributed by atoms with Crippen molar-refractivity contribution in [2.45, 2.75) is 54.1 Å². The van der Waals surface area contributed by atoms with Crippen LogP contribution >= 0.6 is 0 Å². The number of amides is 2. The maximum atomic E-state index is 13.5. The van der Waals surface area contributed by atoms with E-state index in [1.807, 2.05) is 58.9 Å². The van der Waals surface area contributed by atoms with E-state index in [2.05, 4.69) is 15.7 Å². The van der Waals surface area contributed by atoms with E-state index in [0.29, 0.717) is 29.7 Å². The molecule has 0 saturated carbocycles. The summed E-state index contributed by atoms with van der Waals surface area (Å²) >= 11 is 0. The predicted octanol–water partition coefficient (Wildman–Crippen LogP) is 3.05. The van der Waals surface area contributed by atoms with Crippen LogP contribution in [0.15, 0.2) is 52.1 Å². The second-order valence-electron chi connectivity index (χ2n) is 10.3. The summed E-state index contributed by atoms with van der Waals surface area (Å²) in [6.45, 7) is 10.5. The van der Waals surface area contributed by atoms with Crippen LogP contribution in [0.3, 0.4) is 0 Å². The van der Waals surface area contributed by atoms with Gasteiger partial charge in [-0.25, -0.2) is 13.9 Å². The Hall–Kier alpha value is -4.21. The van der Waals surface area contributed by atoms with Crippen LogP contribution in [-0.2, 0) is 24.3 Å². The van der Waals surface area contributed by atoms with E-state index in [1.165, 1.54) is 15.0 Å². The average molecular weight is 519 g/mol.